The quantitative estimate of drug-likeness (QED) is 0.267. The normalized spacial score (nSPS) is 21.2. The number of aromatic nitrogens is 4. The van der Waals surface area contributed by atoms with Crippen molar-refractivity contribution in [2.75, 3.05) is 25.6 Å². The molecule has 1 fully saturated rings. The molecule has 2 aromatic heterocycles. The first-order valence-electron chi connectivity index (χ1n) is 11.9. The number of aliphatic hydroxyl groups excluding tert-OH is 2. The van der Waals surface area contributed by atoms with Gasteiger partial charge in [-0.05, 0) is 30.2 Å². The van der Waals surface area contributed by atoms with Crippen LogP contribution < -0.4 is 15.4 Å². The van der Waals surface area contributed by atoms with E-state index in [9.17, 15) is 15.0 Å². The second kappa shape index (κ2) is 10.9. The highest BCUT2D eigenvalue weighted by molar-refractivity contribution is 5.95. The van der Waals surface area contributed by atoms with Crippen molar-refractivity contribution in [2.45, 2.75) is 30.9 Å². The number of ether oxygens (including phenoxy) is 2. The number of amides is 1. The summed E-state index contributed by atoms with van der Waals surface area (Å²) in [4.78, 5) is 26.2. The van der Waals surface area contributed by atoms with Crippen molar-refractivity contribution in [3.63, 3.8) is 0 Å². The molecule has 0 aliphatic carbocycles. The van der Waals surface area contributed by atoms with E-state index in [1.165, 1.54) is 25.3 Å². The van der Waals surface area contributed by atoms with E-state index in [0.29, 0.717) is 34.8 Å². The summed E-state index contributed by atoms with van der Waals surface area (Å²) in [6.07, 6.45) is 0.837. The topological polar surface area (TPSA) is 144 Å². The zero-order chi connectivity index (χ0) is 25.8. The summed E-state index contributed by atoms with van der Waals surface area (Å²) >= 11 is 0. The lowest BCUT2D eigenvalue weighted by molar-refractivity contribution is -0.0440. The van der Waals surface area contributed by atoms with Gasteiger partial charge in [-0.15, -0.1) is 0 Å². The molecule has 11 nitrogen and oxygen atoms in total. The summed E-state index contributed by atoms with van der Waals surface area (Å²) in [5.41, 5.74) is 2.55. The average molecular weight is 505 g/mol. The molecule has 192 valence electrons. The number of imidazole rings is 1. The smallest absolute Gasteiger partial charge is 0.251 e. The lowest BCUT2D eigenvalue weighted by Crippen LogP contribution is -2.46. The molecule has 0 saturated carbocycles. The van der Waals surface area contributed by atoms with E-state index in [1.54, 1.807) is 28.8 Å². The minimum atomic E-state index is -1.16. The van der Waals surface area contributed by atoms with Gasteiger partial charge in [0, 0.05) is 12.1 Å². The number of nitrogens with one attached hydrogen (secondary N) is 2. The molecule has 37 heavy (non-hydrogen) atoms. The molecule has 0 radical (unpaired) electrons. The van der Waals surface area contributed by atoms with Crippen LogP contribution in [0, 0.1) is 0 Å². The van der Waals surface area contributed by atoms with Crippen molar-refractivity contribution >= 4 is 22.9 Å². The van der Waals surface area contributed by atoms with Gasteiger partial charge in [0.2, 0.25) is 0 Å². The fourth-order valence-corrected chi connectivity index (χ4v) is 4.43. The van der Waals surface area contributed by atoms with Crippen LogP contribution in [0.15, 0.2) is 67.3 Å². The third-order valence-corrected chi connectivity index (χ3v) is 6.36. The molecule has 1 aliphatic rings. The Kier molecular flexibility index (Phi) is 7.26. The highest BCUT2D eigenvalue weighted by Gasteiger charge is 2.46. The molecule has 4 aromatic rings. The molecule has 1 aliphatic heterocycles. The van der Waals surface area contributed by atoms with Crippen molar-refractivity contribution in [1.82, 2.24) is 24.8 Å². The molecule has 4 N–H and O–H groups in total. The zero-order valence-corrected chi connectivity index (χ0v) is 20.2. The van der Waals surface area contributed by atoms with Crippen LogP contribution in [0.25, 0.3) is 11.2 Å². The van der Waals surface area contributed by atoms with Crippen LogP contribution in [-0.2, 0) is 11.2 Å². The first-order valence-corrected chi connectivity index (χ1v) is 11.9. The van der Waals surface area contributed by atoms with Gasteiger partial charge in [0.15, 0.2) is 23.2 Å². The molecule has 3 heterocycles. The van der Waals surface area contributed by atoms with Gasteiger partial charge in [-0.1, -0.05) is 36.4 Å². The Morgan fingerprint density at radius 3 is 2.76 bits per heavy atom. The SMILES string of the molecule is COc1cccc(C(=O)N[C@@H]2[C@H](O)[C@@H](CO)O[C@H]2n2cnc3c(NCCc4ccccc4)ncnc32)c1. The molecule has 4 atom stereocenters. The summed E-state index contributed by atoms with van der Waals surface area (Å²) in [5.74, 6) is 0.677. The number of anilines is 1. The molecule has 0 spiro atoms. The Morgan fingerprint density at radius 1 is 1.14 bits per heavy atom. The van der Waals surface area contributed by atoms with Gasteiger partial charge in [0.1, 0.15) is 30.3 Å². The third kappa shape index (κ3) is 5.10. The maximum Gasteiger partial charge on any atom is 0.251 e. The summed E-state index contributed by atoms with van der Waals surface area (Å²) in [6, 6.07) is 15.9. The van der Waals surface area contributed by atoms with E-state index >= 15 is 0 Å². The Morgan fingerprint density at radius 2 is 1.97 bits per heavy atom. The van der Waals surface area contributed by atoms with Crippen LogP contribution in [0.5, 0.6) is 5.75 Å². The van der Waals surface area contributed by atoms with E-state index in [0.717, 1.165) is 6.42 Å². The molecular formula is C26H28N6O5. The molecule has 5 rings (SSSR count). The molecule has 2 aromatic carbocycles. The van der Waals surface area contributed by atoms with Crippen LogP contribution in [0.1, 0.15) is 22.1 Å². The van der Waals surface area contributed by atoms with Crippen LogP contribution in [-0.4, -0.2) is 74.2 Å². The maximum absolute atomic E-state index is 13.0. The predicted octanol–water partition coefficient (Wildman–Crippen LogP) is 1.54. The predicted molar refractivity (Wildman–Crippen MR) is 135 cm³/mol. The lowest BCUT2D eigenvalue weighted by atomic mass is 10.1. The van der Waals surface area contributed by atoms with Gasteiger partial charge < -0.3 is 30.3 Å². The molecular weight excluding hydrogens is 476 g/mol. The van der Waals surface area contributed by atoms with Gasteiger partial charge in [0.05, 0.1) is 20.0 Å². The minimum absolute atomic E-state index is 0.362. The van der Waals surface area contributed by atoms with E-state index in [4.69, 9.17) is 9.47 Å². The number of aliphatic hydroxyl groups is 2. The Bertz CT molecular complexity index is 1360. The summed E-state index contributed by atoms with van der Waals surface area (Å²) < 4.78 is 12.8. The van der Waals surface area contributed by atoms with E-state index in [1.807, 2.05) is 18.2 Å². The number of carbonyl (C=O) groups is 1. The van der Waals surface area contributed by atoms with Crippen molar-refractivity contribution in [1.29, 1.82) is 0 Å². The van der Waals surface area contributed by atoms with Gasteiger partial charge in [0.25, 0.3) is 5.91 Å². The minimum Gasteiger partial charge on any atom is -0.497 e. The van der Waals surface area contributed by atoms with E-state index < -0.39 is 37.0 Å². The van der Waals surface area contributed by atoms with Crippen molar-refractivity contribution in [3.05, 3.63) is 78.4 Å². The van der Waals surface area contributed by atoms with Crippen LogP contribution in [0.3, 0.4) is 0 Å². The van der Waals surface area contributed by atoms with Gasteiger partial charge >= 0.3 is 0 Å². The fraction of sp³-hybridized carbons (Fsp3) is 0.308. The van der Waals surface area contributed by atoms with Gasteiger partial charge in [-0.2, -0.15) is 0 Å². The number of hydrogen-bond acceptors (Lipinski definition) is 9. The van der Waals surface area contributed by atoms with E-state index in [2.05, 4.69) is 37.7 Å². The number of nitrogens with zero attached hydrogens (tertiary/aromatic N) is 4. The van der Waals surface area contributed by atoms with Crippen LogP contribution >= 0.6 is 0 Å². The maximum atomic E-state index is 13.0. The zero-order valence-electron chi connectivity index (χ0n) is 20.2. The summed E-state index contributed by atoms with van der Waals surface area (Å²) in [7, 11) is 1.52. The number of hydrogen-bond donors (Lipinski definition) is 4. The molecule has 1 amide bonds. The van der Waals surface area contributed by atoms with E-state index in [-0.39, 0.29) is 0 Å². The number of methoxy groups -OCH3 is 1. The lowest BCUT2D eigenvalue weighted by Gasteiger charge is -2.23. The van der Waals surface area contributed by atoms with Crippen molar-refractivity contribution < 1.29 is 24.5 Å². The van der Waals surface area contributed by atoms with Crippen molar-refractivity contribution in [3.8, 4) is 5.75 Å². The number of carbonyl (C=O) groups excluding carboxylic acids is 1. The first-order chi connectivity index (χ1) is 18.1. The first kappa shape index (κ1) is 24.6. The molecule has 0 bridgehead atoms. The number of rotatable bonds is 9. The highest BCUT2D eigenvalue weighted by atomic mass is 16.5. The Hall–Kier alpha value is -4.06. The molecule has 1 saturated heterocycles. The Balaban J connectivity index is 1.38. The van der Waals surface area contributed by atoms with Crippen molar-refractivity contribution in [2.24, 2.45) is 0 Å². The average Bonchev–Trinajstić information content (AvgIpc) is 3.50. The summed E-state index contributed by atoms with van der Waals surface area (Å²) in [5, 5.41) is 26.8. The standard InChI is InChI=1S/C26H28N6O5/c1-36-18-9-5-8-17(12-18)25(35)31-20-22(34)19(13-33)37-26(20)32-15-30-21-23(28-14-29-24(21)32)27-11-10-16-6-3-2-4-7-16/h2-9,12,14-15,19-20,22,26,33-34H,10-11,13H2,1H3,(H,31,35)(H,27,28,29)/t19-,20-,22-,26-/m1/s1. The Labute approximate surface area is 213 Å². The monoisotopic (exact) mass is 504 g/mol. The third-order valence-electron chi connectivity index (χ3n) is 6.36. The van der Waals surface area contributed by atoms with Gasteiger partial charge in [-0.25, -0.2) is 15.0 Å². The van der Waals surface area contributed by atoms with Crippen LogP contribution in [0.4, 0.5) is 5.82 Å². The summed E-state index contributed by atoms with van der Waals surface area (Å²) in [6.45, 7) is 0.227. The van der Waals surface area contributed by atoms with Gasteiger partial charge in [-0.3, -0.25) is 9.36 Å². The number of fused-ring (bicyclic) bond motifs is 1. The largest absolute Gasteiger partial charge is 0.497 e. The second-order valence-electron chi connectivity index (χ2n) is 8.68. The fourth-order valence-electron chi connectivity index (χ4n) is 4.43. The second-order valence-corrected chi connectivity index (χ2v) is 8.68. The number of benzene rings is 2. The van der Waals surface area contributed by atoms with Crippen LogP contribution in [0.2, 0.25) is 0 Å². The molecule has 11 heteroatoms. The molecule has 0 unspecified atom stereocenters. The highest BCUT2D eigenvalue weighted by Crippen LogP contribution is 2.32.